The zero-order chi connectivity index (χ0) is 16.5. The summed E-state index contributed by atoms with van der Waals surface area (Å²) in [4.78, 5) is 24.9. The average Bonchev–Trinajstić information content (AvgIpc) is 2.30. The molecule has 1 atom stereocenters. The Bertz CT molecular complexity index is 329. The van der Waals surface area contributed by atoms with Crippen LogP contribution in [0.25, 0.3) is 0 Å². The summed E-state index contributed by atoms with van der Waals surface area (Å²) in [6.07, 6.45) is -0.213. The van der Waals surface area contributed by atoms with Gasteiger partial charge in [-0.2, -0.15) is 0 Å². The molecular weight excluding hydrogens is 296 g/mol. The van der Waals surface area contributed by atoms with Gasteiger partial charge in [-0.25, -0.2) is 4.79 Å². The van der Waals surface area contributed by atoms with E-state index in [9.17, 15) is 9.59 Å². The second-order valence-corrected chi connectivity index (χ2v) is 6.26. The van der Waals surface area contributed by atoms with Crippen LogP contribution in [0.15, 0.2) is 0 Å². The van der Waals surface area contributed by atoms with Gasteiger partial charge in [0.15, 0.2) is 5.56 Å². The highest BCUT2D eigenvalue weighted by Crippen LogP contribution is 2.08. The molecule has 7 heteroatoms. The quantitative estimate of drug-likeness (QED) is 0.549. The lowest BCUT2D eigenvalue weighted by molar-refractivity contribution is -0.155. The number of likely N-dealkylation sites (N-methyl/N-ethyl adjacent to an activating group) is 1. The number of alkyl halides is 1. The van der Waals surface area contributed by atoms with E-state index in [0.717, 1.165) is 6.54 Å². The van der Waals surface area contributed by atoms with Crippen molar-refractivity contribution >= 4 is 23.7 Å². The van der Waals surface area contributed by atoms with Crippen LogP contribution in [0.4, 0.5) is 4.79 Å². The molecule has 0 saturated carbocycles. The molecule has 0 aromatic rings. The number of rotatable bonds is 8. The Balaban J connectivity index is 3.91. The Morgan fingerprint density at radius 3 is 2.38 bits per heavy atom. The van der Waals surface area contributed by atoms with Crippen LogP contribution in [-0.4, -0.2) is 54.3 Å². The molecule has 0 aliphatic carbocycles. The maximum Gasteiger partial charge on any atom is 0.408 e. The fraction of sp³-hybridized carbons (Fsp3) is 0.857. The molecule has 21 heavy (non-hydrogen) atoms. The molecule has 0 rings (SSSR count). The number of amides is 1. The smallest absolute Gasteiger partial charge is 0.408 e. The summed E-state index contributed by atoms with van der Waals surface area (Å²) >= 11 is 5.53. The molecule has 6 nitrogen and oxygen atoms in total. The number of carbonyl (C=O) groups excluding carboxylic acids is 2. The van der Waals surface area contributed by atoms with Gasteiger partial charge in [0.05, 0.1) is 6.42 Å². The number of nitrogens with one attached hydrogen (secondary N) is 1. The van der Waals surface area contributed by atoms with E-state index in [1.807, 2.05) is 32.6 Å². The van der Waals surface area contributed by atoms with Crippen LogP contribution in [0.5, 0.6) is 0 Å². The third-order valence-corrected chi connectivity index (χ3v) is 2.56. The molecule has 0 radical (unpaired) electrons. The first-order valence-electron chi connectivity index (χ1n) is 7.16. The average molecular weight is 323 g/mol. The normalized spacial score (nSPS) is 12.9. The third-order valence-electron chi connectivity index (χ3n) is 2.47. The van der Waals surface area contributed by atoms with E-state index < -0.39 is 17.3 Å². The molecule has 0 aliphatic heterocycles. The lowest BCUT2D eigenvalue weighted by Gasteiger charge is -2.23. The summed E-state index contributed by atoms with van der Waals surface area (Å²) in [6.45, 7) is 11.5. The minimum atomic E-state index is -0.653. The van der Waals surface area contributed by atoms with Gasteiger partial charge in [-0.3, -0.25) is 4.79 Å². The zero-order valence-electron chi connectivity index (χ0n) is 13.6. The van der Waals surface area contributed by atoms with Crippen LogP contribution >= 0.6 is 11.6 Å². The Hall–Kier alpha value is -1.01. The number of halogens is 1. The maximum atomic E-state index is 11.6. The van der Waals surface area contributed by atoms with E-state index in [2.05, 4.69) is 5.32 Å². The van der Waals surface area contributed by atoms with Crippen molar-refractivity contribution < 1.29 is 19.1 Å². The Kier molecular flexibility index (Phi) is 9.37. The van der Waals surface area contributed by atoms with E-state index >= 15 is 0 Å². The van der Waals surface area contributed by atoms with Crippen molar-refractivity contribution in [1.82, 2.24) is 10.2 Å². The lowest BCUT2D eigenvalue weighted by Crippen LogP contribution is -2.37. The predicted molar refractivity (Wildman–Crippen MR) is 82.4 cm³/mol. The van der Waals surface area contributed by atoms with Gasteiger partial charge < -0.3 is 19.7 Å². The standard InChI is InChI=1S/C14H27ClN2O4/c1-6-17(9-7-12(18)21-14(3,4)5)10-8-16-13(19)20-11(2)15/h11H,6-10H2,1-5H3,(H,16,19)/t11-/m0/s1. The molecular formula is C14H27ClN2O4. The summed E-state index contributed by atoms with van der Waals surface area (Å²) in [5, 5.41) is 2.60. The van der Waals surface area contributed by atoms with E-state index in [4.69, 9.17) is 21.1 Å². The largest absolute Gasteiger partial charge is 0.460 e. The molecule has 0 aromatic carbocycles. The fourth-order valence-electron chi connectivity index (χ4n) is 1.58. The zero-order valence-corrected chi connectivity index (χ0v) is 14.3. The third kappa shape index (κ3) is 12.4. The molecule has 0 aromatic heterocycles. The van der Waals surface area contributed by atoms with Crippen molar-refractivity contribution in [3.8, 4) is 0 Å². The number of esters is 1. The molecule has 0 unspecified atom stereocenters. The Morgan fingerprint density at radius 1 is 1.29 bits per heavy atom. The van der Waals surface area contributed by atoms with E-state index in [0.29, 0.717) is 26.1 Å². The summed E-state index contributed by atoms with van der Waals surface area (Å²) in [5.41, 5.74) is -1.11. The Morgan fingerprint density at radius 2 is 1.90 bits per heavy atom. The van der Waals surface area contributed by atoms with Crippen molar-refractivity contribution in [3.63, 3.8) is 0 Å². The first kappa shape index (κ1) is 20.0. The number of nitrogens with zero attached hydrogens (tertiary/aromatic N) is 1. The highest BCUT2D eigenvalue weighted by Gasteiger charge is 2.16. The van der Waals surface area contributed by atoms with Crippen LogP contribution < -0.4 is 5.32 Å². The number of ether oxygens (including phenoxy) is 2. The van der Waals surface area contributed by atoms with Gasteiger partial charge in [-0.1, -0.05) is 18.5 Å². The van der Waals surface area contributed by atoms with Gasteiger partial charge in [-0.15, -0.1) is 0 Å². The van der Waals surface area contributed by atoms with Crippen LogP contribution in [0.3, 0.4) is 0 Å². The minimum Gasteiger partial charge on any atom is -0.460 e. The van der Waals surface area contributed by atoms with Gasteiger partial charge >= 0.3 is 12.1 Å². The van der Waals surface area contributed by atoms with Gasteiger partial charge in [0.1, 0.15) is 5.60 Å². The SMILES string of the molecule is CCN(CCNC(=O)O[C@@H](C)Cl)CCC(=O)OC(C)(C)C. The summed E-state index contributed by atoms with van der Waals surface area (Å²) in [5.74, 6) is -0.218. The maximum absolute atomic E-state index is 11.6. The van der Waals surface area contributed by atoms with E-state index in [-0.39, 0.29) is 5.97 Å². The number of hydrogen-bond acceptors (Lipinski definition) is 5. The topological polar surface area (TPSA) is 67.9 Å². The first-order chi connectivity index (χ1) is 9.64. The molecule has 0 heterocycles. The molecule has 0 bridgehead atoms. The Labute approximate surface area is 132 Å². The van der Waals surface area contributed by atoms with Crippen LogP contribution in [0, 0.1) is 0 Å². The van der Waals surface area contributed by atoms with Gasteiger partial charge in [0.25, 0.3) is 0 Å². The highest BCUT2D eigenvalue weighted by molar-refractivity contribution is 6.19. The van der Waals surface area contributed by atoms with Gasteiger partial charge in [-0.05, 0) is 34.2 Å². The predicted octanol–water partition coefficient (Wildman–Crippen LogP) is 2.35. The molecule has 124 valence electrons. The van der Waals surface area contributed by atoms with Crippen LogP contribution in [0.1, 0.15) is 41.0 Å². The van der Waals surface area contributed by atoms with Crippen molar-refractivity contribution in [2.24, 2.45) is 0 Å². The molecule has 0 aliphatic rings. The van der Waals surface area contributed by atoms with Gasteiger partial charge in [0, 0.05) is 19.6 Å². The minimum absolute atomic E-state index is 0.218. The van der Waals surface area contributed by atoms with Crippen molar-refractivity contribution in [2.45, 2.75) is 52.2 Å². The number of alkyl carbamates (subject to hydrolysis) is 1. The first-order valence-corrected chi connectivity index (χ1v) is 7.60. The molecule has 0 saturated heterocycles. The van der Waals surface area contributed by atoms with Crippen molar-refractivity contribution in [1.29, 1.82) is 0 Å². The second-order valence-electron chi connectivity index (χ2n) is 5.65. The number of carbonyl (C=O) groups is 2. The fourth-order valence-corrected chi connectivity index (χ4v) is 1.66. The lowest BCUT2D eigenvalue weighted by atomic mass is 10.2. The monoisotopic (exact) mass is 322 g/mol. The van der Waals surface area contributed by atoms with E-state index in [1.165, 1.54) is 0 Å². The van der Waals surface area contributed by atoms with Crippen LogP contribution in [-0.2, 0) is 14.3 Å². The number of hydrogen-bond donors (Lipinski definition) is 1. The van der Waals surface area contributed by atoms with Crippen LogP contribution in [0.2, 0.25) is 0 Å². The van der Waals surface area contributed by atoms with Crippen molar-refractivity contribution in [3.05, 3.63) is 0 Å². The summed E-state index contributed by atoms with van der Waals surface area (Å²) < 4.78 is 9.99. The van der Waals surface area contributed by atoms with E-state index in [1.54, 1.807) is 6.92 Å². The molecule has 1 N–H and O–H groups in total. The summed E-state index contributed by atoms with van der Waals surface area (Å²) in [6, 6.07) is 0. The molecule has 0 spiro atoms. The highest BCUT2D eigenvalue weighted by atomic mass is 35.5. The molecule has 1 amide bonds. The molecule has 0 fully saturated rings. The second kappa shape index (κ2) is 9.84. The van der Waals surface area contributed by atoms with Gasteiger partial charge in [0.2, 0.25) is 0 Å². The van der Waals surface area contributed by atoms with Crippen molar-refractivity contribution in [2.75, 3.05) is 26.2 Å². The summed E-state index contributed by atoms with van der Waals surface area (Å²) in [7, 11) is 0.